The summed E-state index contributed by atoms with van der Waals surface area (Å²) in [4.78, 5) is 49.4. The van der Waals surface area contributed by atoms with E-state index >= 15 is 0 Å². The highest BCUT2D eigenvalue weighted by molar-refractivity contribution is 5.99. The molecule has 0 atom stereocenters. The predicted octanol–water partition coefficient (Wildman–Crippen LogP) is 2.02. The lowest BCUT2D eigenvalue weighted by Gasteiger charge is -2.26. The maximum absolute atomic E-state index is 12.5. The molecule has 1 heterocycles. The van der Waals surface area contributed by atoms with Crippen molar-refractivity contribution in [3.05, 3.63) is 35.5 Å². The minimum atomic E-state index is -0.765. The van der Waals surface area contributed by atoms with E-state index < -0.39 is 23.6 Å². The number of carbonyl (C=O) groups is 4. The molecule has 2 amide bonds. The van der Waals surface area contributed by atoms with Gasteiger partial charge in [-0.2, -0.15) is 0 Å². The fourth-order valence-corrected chi connectivity index (χ4v) is 2.59. The Hall–Kier alpha value is -3.56. The minimum absolute atomic E-state index is 0.104. The third-order valence-electron chi connectivity index (χ3n) is 3.87. The molecule has 1 aliphatic heterocycles. The van der Waals surface area contributed by atoms with Gasteiger partial charge in [0.05, 0.1) is 26.8 Å². The van der Waals surface area contributed by atoms with E-state index in [0.29, 0.717) is 16.9 Å². The van der Waals surface area contributed by atoms with Gasteiger partial charge in [-0.05, 0) is 44.5 Å². The van der Waals surface area contributed by atoms with Gasteiger partial charge in [-0.3, -0.25) is 9.69 Å². The Kier molecular flexibility index (Phi) is 7.04. The lowest BCUT2D eigenvalue weighted by atomic mass is 10.1. The van der Waals surface area contributed by atoms with E-state index in [1.165, 1.54) is 19.1 Å². The second-order valence-corrected chi connectivity index (χ2v) is 7.45. The van der Waals surface area contributed by atoms with Crippen LogP contribution in [0.5, 0.6) is 0 Å². The average Bonchev–Trinajstić information content (AvgIpc) is 2.83. The third kappa shape index (κ3) is 6.23. The number of benzene rings is 1. The van der Waals surface area contributed by atoms with Crippen LogP contribution >= 0.6 is 0 Å². The van der Waals surface area contributed by atoms with E-state index in [1.54, 1.807) is 39.0 Å². The number of nitrogens with zero attached hydrogens (tertiary/aromatic N) is 1. The van der Waals surface area contributed by atoms with Crippen molar-refractivity contribution in [3.63, 3.8) is 0 Å². The van der Waals surface area contributed by atoms with E-state index in [4.69, 9.17) is 4.74 Å². The Morgan fingerprint density at radius 3 is 2.43 bits per heavy atom. The molecule has 1 aromatic rings. The van der Waals surface area contributed by atoms with Gasteiger partial charge in [0.1, 0.15) is 17.8 Å². The first kappa shape index (κ1) is 22.7. The zero-order valence-electron chi connectivity index (χ0n) is 17.5. The van der Waals surface area contributed by atoms with Crippen LogP contribution in [0, 0.1) is 0 Å². The molecule has 30 heavy (non-hydrogen) atoms. The van der Waals surface area contributed by atoms with Gasteiger partial charge >= 0.3 is 18.0 Å². The molecule has 10 nitrogen and oxygen atoms in total. The van der Waals surface area contributed by atoms with Gasteiger partial charge in [0, 0.05) is 11.4 Å². The summed E-state index contributed by atoms with van der Waals surface area (Å²) in [7, 11) is 2.37. The van der Waals surface area contributed by atoms with Crippen LogP contribution in [0.1, 0.15) is 26.3 Å². The van der Waals surface area contributed by atoms with Gasteiger partial charge < -0.3 is 24.8 Å². The zero-order valence-corrected chi connectivity index (χ0v) is 17.5. The normalized spacial score (nSPS) is 14.1. The van der Waals surface area contributed by atoms with Gasteiger partial charge in [-0.15, -0.1) is 0 Å². The molecule has 0 bridgehead atoms. The van der Waals surface area contributed by atoms with Crippen LogP contribution in [0.2, 0.25) is 0 Å². The van der Waals surface area contributed by atoms with Crippen LogP contribution in [-0.4, -0.2) is 55.2 Å². The fraction of sp³-hybridized carbons (Fsp3) is 0.400. The molecule has 0 saturated heterocycles. The van der Waals surface area contributed by atoms with Crippen LogP contribution in [0.25, 0.3) is 0 Å². The molecule has 162 valence electrons. The Bertz CT molecular complexity index is 887. The number of anilines is 2. The number of hydrogen-bond donors (Lipinski definition) is 2. The lowest BCUT2D eigenvalue weighted by Crippen LogP contribution is -2.39. The second kappa shape index (κ2) is 9.29. The molecule has 10 heteroatoms. The van der Waals surface area contributed by atoms with Crippen molar-refractivity contribution >= 4 is 35.3 Å². The Labute approximate surface area is 174 Å². The molecule has 0 saturated carbocycles. The number of ether oxygens (including phenoxy) is 3. The molecule has 1 aromatic carbocycles. The lowest BCUT2D eigenvalue weighted by molar-refractivity contribution is -0.138. The summed E-state index contributed by atoms with van der Waals surface area (Å²) in [6, 6.07) is 4.88. The van der Waals surface area contributed by atoms with Crippen LogP contribution in [0.3, 0.4) is 0 Å². The monoisotopic (exact) mass is 419 g/mol. The van der Waals surface area contributed by atoms with Gasteiger partial charge in [-0.25, -0.2) is 14.4 Å². The molecular weight excluding hydrogens is 394 g/mol. The summed E-state index contributed by atoms with van der Waals surface area (Å²) in [5.74, 6) is -1.86. The maximum atomic E-state index is 12.5. The summed E-state index contributed by atoms with van der Waals surface area (Å²) in [5.41, 5.74) is 0.730. The van der Waals surface area contributed by atoms with Gasteiger partial charge in [-0.1, -0.05) is 0 Å². The van der Waals surface area contributed by atoms with Crippen molar-refractivity contribution in [3.8, 4) is 0 Å². The van der Waals surface area contributed by atoms with Crippen molar-refractivity contribution in [2.45, 2.75) is 32.9 Å². The van der Waals surface area contributed by atoms with Crippen LogP contribution in [0.15, 0.2) is 30.0 Å². The van der Waals surface area contributed by atoms with Crippen LogP contribution in [-0.2, 0) is 35.1 Å². The highest BCUT2D eigenvalue weighted by Crippen LogP contribution is 2.26. The first-order valence-corrected chi connectivity index (χ1v) is 9.08. The third-order valence-corrected chi connectivity index (χ3v) is 3.87. The minimum Gasteiger partial charge on any atom is -0.466 e. The number of amides is 2. The van der Waals surface area contributed by atoms with Crippen molar-refractivity contribution < 1.29 is 33.4 Å². The molecule has 1 aliphatic rings. The summed E-state index contributed by atoms with van der Waals surface area (Å²) in [5, 5.41) is 5.53. The summed E-state index contributed by atoms with van der Waals surface area (Å²) in [6.07, 6.45) is 0.344. The molecule has 0 unspecified atom stereocenters. The molecule has 0 aromatic heterocycles. The maximum Gasteiger partial charge on any atom is 0.411 e. The molecule has 0 radical (unpaired) electrons. The van der Waals surface area contributed by atoms with Crippen LogP contribution in [0.4, 0.5) is 16.2 Å². The van der Waals surface area contributed by atoms with Gasteiger partial charge in [0.25, 0.3) is 0 Å². The summed E-state index contributed by atoms with van der Waals surface area (Å²) >= 11 is 0. The van der Waals surface area contributed by atoms with Crippen molar-refractivity contribution in [1.82, 2.24) is 4.90 Å². The SMILES string of the molecule is COC(=O)/C=C(/Nc1ccc2c(c1)CN(C(=O)OC(C)(C)C)CC(=O)N2)C(=O)OC. The Balaban J connectivity index is 2.31. The summed E-state index contributed by atoms with van der Waals surface area (Å²) < 4.78 is 14.6. The zero-order chi connectivity index (χ0) is 22.5. The van der Waals surface area contributed by atoms with E-state index in [9.17, 15) is 19.2 Å². The number of rotatable bonds is 4. The standard InChI is InChI=1S/C20H25N3O7/c1-20(2,3)30-19(27)23-10-12-8-13(6-7-14(12)22-16(24)11-23)21-15(18(26)29-5)9-17(25)28-4/h6-9,21H,10-11H2,1-5H3,(H,22,24)/b15-9+. The highest BCUT2D eigenvalue weighted by Gasteiger charge is 2.27. The number of nitrogens with one attached hydrogen (secondary N) is 2. The van der Waals surface area contributed by atoms with E-state index in [-0.39, 0.29) is 24.7 Å². The molecular formula is C20H25N3O7. The number of esters is 2. The molecule has 0 aliphatic carbocycles. The second-order valence-electron chi connectivity index (χ2n) is 7.45. The van der Waals surface area contributed by atoms with Crippen molar-refractivity contribution in [1.29, 1.82) is 0 Å². The first-order valence-electron chi connectivity index (χ1n) is 9.08. The quantitative estimate of drug-likeness (QED) is 0.432. The molecule has 0 fully saturated rings. The molecule has 2 rings (SSSR count). The molecule has 0 spiro atoms. The first-order chi connectivity index (χ1) is 14.0. The van der Waals surface area contributed by atoms with Gasteiger partial charge in [0.15, 0.2) is 0 Å². The van der Waals surface area contributed by atoms with E-state index in [1.807, 2.05) is 0 Å². The van der Waals surface area contributed by atoms with E-state index in [0.717, 1.165) is 6.08 Å². The summed E-state index contributed by atoms with van der Waals surface area (Å²) in [6.45, 7) is 5.15. The van der Waals surface area contributed by atoms with Crippen LogP contribution < -0.4 is 10.6 Å². The van der Waals surface area contributed by atoms with Crippen molar-refractivity contribution in [2.24, 2.45) is 0 Å². The largest absolute Gasteiger partial charge is 0.466 e. The fourth-order valence-electron chi connectivity index (χ4n) is 2.59. The number of methoxy groups -OCH3 is 2. The molecule has 2 N–H and O–H groups in total. The topological polar surface area (TPSA) is 123 Å². The number of fused-ring (bicyclic) bond motifs is 1. The smallest absolute Gasteiger partial charge is 0.411 e. The average molecular weight is 419 g/mol. The highest BCUT2D eigenvalue weighted by atomic mass is 16.6. The Morgan fingerprint density at radius 1 is 1.13 bits per heavy atom. The Morgan fingerprint density at radius 2 is 1.83 bits per heavy atom. The van der Waals surface area contributed by atoms with Gasteiger partial charge in [0.2, 0.25) is 5.91 Å². The van der Waals surface area contributed by atoms with Crippen molar-refractivity contribution in [2.75, 3.05) is 31.4 Å². The van der Waals surface area contributed by atoms with E-state index in [2.05, 4.69) is 20.1 Å². The number of hydrogen-bond acceptors (Lipinski definition) is 8. The number of carbonyl (C=O) groups excluding carboxylic acids is 4. The predicted molar refractivity (Wildman–Crippen MR) is 107 cm³/mol.